The number of hydrogen-bond donors (Lipinski definition) is 1. The van der Waals surface area contributed by atoms with Crippen LogP contribution in [0.4, 0.5) is 19.1 Å². The van der Waals surface area contributed by atoms with E-state index in [1.54, 1.807) is 9.80 Å². The van der Waals surface area contributed by atoms with Crippen LogP contribution in [0.5, 0.6) is 0 Å². The number of carbonyl (C=O) groups excluding carboxylic acids is 2. The zero-order valence-corrected chi connectivity index (χ0v) is 18.8. The number of piperazine rings is 1. The molecule has 184 valence electrons. The number of nitrogens with zero attached hydrogens (tertiary/aromatic N) is 6. The Bertz CT molecular complexity index is 1030. The van der Waals surface area contributed by atoms with Crippen molar-refractivity contribution in [1.29, 1.82) is 0 Å². The molecule has 0 aliphatic carbocycles. The molecule has 4 rings (SSSR count). The Labute approximate surface area is 194 Å². The van der Waals surface area contributed by atoms with E-state index in [1.807, 2.05) is 11.5 Å². The second kappa shape index (κ2) is 9.95. The maximum Gasteiger partial charge on any atom is 0.419 e. The molecule has 13 heteroatoms. The van der Waals surface area contributed by atoms with Crippen molar-refractivity contribution < 1.29 is 27.5 Å². The number of nitrogens with one attached hydrogen (secondary N) is 1. The minimum absolute atomic E-state index is 0.0429. The molecule has 1 fully saturated rings. The van der Waals surface area contributed by atoms with Crippen LogP contribution in [0.15, 0.2) is 12.4 Å². The quantitative estimate of drug-likeness (QED) is 0.589. The van der Waals surface area contributed by atoms with E-state index in [0.29, 0.717) is 63.7 Å². The third kappa shape index (κ3) is 5.29. The first-order valence-corrected chi connectivity index (χ1v) is 11.1. The summed E-state index contributed by atoms with van der Waals surface area (Å²) in [5, 5.41) is 2.81. The monoisotopic (exact) mass is 481 g/mol. The van der Waals surface area contributed by atoms with Crippen molar-refractivity contribution in [3.05, 3.63) is 35.2 Å². The van der Waals surface area contributed by atoms with Gasteiger partial charge in [-0.15, -0.1) is 0 Å². The molecule has 0 radical (unpaired) electrons. The van der Waals surface area contributed by atoms with Gasteiger partial charge >= 0.3 is 6.18 Å². The van der Waals surface area contributed by atoms with E-state index >= 15 is 0 Å². The molecule has 2 aliphatic rings. The minimum Gasteiger partial charge on any atom is -0.380 e. The number of rotatable bonds is 7. The van der Waals surface area contributed by atoms with Gasteiger partial charge in [-0.1, -0.05) is 0 Å². The van der Waals surface area contributed by atoms with Crippen LogP contribution >= 0.6 is 0 Å². The highest BCUT2D eigenvalue weighted by Crippen LogP contribution is 2.28. The highest BCUT2D eigenvalue weighted by molar-refractivity contribution is 5.94. The third-order valence-electron chi connectivity index (χ3n) is 5.87. The lowest BCUT2D eigenvalue weighted by molar-refractivity contribution is -0.138. The molecule has 34 heavy (non-hydrogen) atoms. The number of imidazole rings is 1. The summed E-state index contributed by atoms with van der Waals surface area (Å²) in [6.45, 7) is 5.48. The number of anilines is 1. The molecule has 0 aromatic carbocycles. The molecule has 0 bridgehead atoms. The van der Waals surface area contributed by atoms with Gasteiger partial charge in [0.1, 0.15) is 11.5 Å². The average Bonchev–Trinajstić information content (AvgIpc) is 3.15. The Kier molecular flexibility index (Phi) is 7.00. The van der Waals surface area contributed by atoms with Gasteiger partial charge in [-0.25, -0.2) is 15.0 Å². The SMILES string of the molecule is Cc1nc(CCOCCC(=O)N2CCN(c3ncc(C(F)(F)F)cn3)CC2)n2c1C(=O)NCC2. The van der Waals surface area contributed by atoms with Crippen LogP contribution in [0.3, 0.4) is 0 Å². The fourth-order valence-electron chi connectivity index (χ4n) is 4.08. The van der Waals surface area contributed by atoms with Gasteiger partial charge in [0, 0.05) is 58.1 Å². The average molecular weight is 481 g/mol. The summed E-state index contributed by atoms with van der Waals surface area (Å²) in [5.74, 6) is 0.866. The van der Waals surface area contributed by atoms with Crippen molar-refractivity contribution in [3.63, 3.8) is 0 Å². The molecule has 0 unspecified atom stereocenters. The number of aryl methyl sites for hydroxylation is 1. The highest BCUT2D eigenvalue weighted by Gasteiger charge is 2.32. The molecular weight excluding hydrogens is 455 g/mol. The molecule has 2 amide bonds. The Morgan fingerprint density at radius 3 is 2.50 bits per heavy atom. The van der Waals surface area contributed by atoms with E-state index in [4.69, 9.17) is 4.74 Å². The number of ether oxygens (including phenoxy) is 1. The highest BCUT2D eigenvalue weighted by atomic mass is 19.4. The zero-order chi connectivity index (χ0) is 24.3. The second-order valence-corrected chi connectivity index (χ2v) is 8.12. The van der Waals surface area contributed by atoms with Gasteiger partial charge in [0.05, 0.1) is 30.9 Å². The summed E-state index contributed by atoms with van der Waals surface area (Å²) < 4.78 is 45.5. The summed E-state index contributed by atoms with van der Waals surface area (Å²) in [6.07, 6.45) is -2.15. The summed E-state index contributed by atoms with van der Waals surface area (Å²) >= 11 is 0. The number of fused-ring (bicyclic) bond motifs is 1. The molecule has 10 nitrogen and oxygen atoms in total. The molecule has 1 saturated heterocycles. The van der Waals surface area contributed by atoms with Crippen LogP contribution in [0, 0.1) is 6.92 Å². The lowest BCUT2D eigenvalue weighted by Crippen LogP contribution is -2.49. The first kappa shape index (κ1) is 23.9. The first-order valence-electron chi connectivity index (χ1n) is 11.1. The summed E-state index contributed by atoms with van der Waals surface area (Å²) in [4.78, 5) is 40.0. The Morgan fingerprint density at radius 2 is 1.82 bits per heavy atom. The van der Waals surface area contributed by atoms with Gasteiger partial charge < -0.3 is 24.4 Å². The lowest BCUT2D eigenvalue weighted by atomic mass is 10.2. The number of carbonyl (C=O) groups is 2. The van der Waals surface area contributed by atoms with Gasteiger partial charge in [0.15, 0.2) is 0 Å². The number of alkyl halides is 3. The molecule has 2 aliphatic heterocycles. The zero-order valence-electron chi connectivity index (χ0n) is 18.8. The normalized spacial score (nSPS) is 16.4. The lowest BCUT2D eigenvalue weighted by Gasteiger charge is -2.34. The van der Waals surface area contributed by atoms with Crippen LogP contribution in [-0.2, 0) is 28.7 Å². The largest absolute Gasteiger partial charge is 0.419 e. The molecule has 2 aromatic heterocycles. The Hall–Kier alpha value is -3.22. The van der Waals surface area contributed by atoms with Crippen molar-refractivity contribution in [2.75, 3.05) is 50.8 Å². The van der Waals surface area contributed by atoms with Crippen LogP contribution in [0.1, 0.15) is 34.0 Å². The predicted octanol–water partition coefficient (Wildman–Crippen LogP) is 1.04. The fraction of sp³-hybridized carbons (Fsp3) is 0.571. The van der Waals surface area contributed by atoms with Crippen molar-refractivity contribution in [1.82, 2.24) is 29.7 Å². The number of amides is 2. The predicted molar refractivity (Wildman–Crippen MR) is 114 cm³/mol. The van der Waals surface area contributed by atoms with Crippen molar-refractivity contribution in [2.45, 2.75) is 32.5 Å². The number of aromatic nitrogens is 4. The van der Waals surface area contributed by atoms with E-state index in [1.165, 1.54) is 0 Å². The standard InChI is InChI=1S/C21H26F3N7O3/c1-14-18-19(33)25-4-5-31(18)16(28-14)2-10-34-11-3-17(32)29-6-8-30(9-7-29)20-26-12-15(13-27-20)21(22,23)24/h12-13H,2-11H2,1H3,(H,25,33). The van der Waals surface area contributed by atoms with Crippen molar-refractivity contribution in [2.24, 2.45) is 0 Å². The van der Waals surface area contributed by atoms with Crippen molar-refractivity contribution in [3.8, 4) is 0 Å². The van der Waals surface area contributed by atoms with E-state index in [0.717, 1.165) is 18.2 Å². The fourth-order valence-corrected chi connectivity index (χ4v) is 4.08. The summed E-state index contributed by atoms with van der Waals surface area (Å²) in [7, 11) is 0. The van der Waals surface area contributed by atoms with Crippen LogP contribution in [-0.4, -0.2) is 82.2 Å². The molecule has 4 heterocycles. The summed E-state index contributed by atoms with van der Waals surface area (Å²) in [5.41, 5.74) is 0.402. The van der Waals surface area contributed by atoms with Crippen molar-refractivity contribution >= 4 is 17.8 Å². The van der Waals surface area contributed by atoms with E-state index in [2.05, 4.69) is 20.3 Å². The smallest absolute Gasteiger partial charge is 0.380 e. The second-order valence-electron chi connectivity index (χ2n) is 8.12. The first-order chi connectivity index (χ1) is 16.2. The molecule has 0 spiro atoms. The topological polar surface area (TPSA) is 105 Å². The van der Waals surface area contributed by atoms with Gasteiger partial charge in [0.25, 0.3) is 5.91 Å². The van der Waals surface area contributed by atoms with E-state index in [9.17, 15) is 22.8 Å². The molecule has 2 aromatic rings. The third-order valence-corrected chi connectivity index (χ3v) is 5.87. The molecule has 0 saturated carbocycles. The molecular formula is C21H26F3N7O3. The Balaban J connectivity index is 1.17. The number of hydrogen-bond acceptors (Lipinski definition) is 7. The van der Waals surface area contributed by atoms with Gasteiger partial charge in [-0.2, -0.15) is 13.2 Å². The maximum atomic E-state index is 12.7. The van der Waals surface area contributed by atoms with Crippen LogP contribution in [0.25, 0.3) is 0 Å². The minimum atomic E-state index is -4.47. The van der Waals surface area contributed by atoms with Gasteiger partial charge in [-0.3, -0.25) is 9.59 Å². The summed E-state index contributed by atoms with van der Waals surface area (Å²) in [6, 6.07) is 0. The number of halogens is 3. The van der Waals surface area contributed by atoms with Crippen LogP contribution in [0.2, 0.25) is 0 Å². The van der Waals surface area contributed by atoms with E-state index in [-0.39, 0.29) is 30.8 Å². The molecule has 1 N–H and O–H groups in total. The maximum absolute atomic E-state index is 12.7. The Morgan fingerprint density at radius 1 is 1.12 bits per heavy atom. The van der Waals surface area contributed by atoms with E-state index < -0.39 is 11.7 Å². The van der Waals surface area contributed by atoms with Crippen LogP contribution < -0.4 is 10.2 Å². The van der Waals surface area contributed by atoms with Gasteiger partial charge in [0.2, 0.25) is 11.9 Å². The van der Waals surface area contributed by atoms with Gasteiger partial charge in [-0.05, 0) is 6.92 Å². The molecule has 0 atom stereocenters.